The van der Waals surface area contributed by atoms with E-state index in [1.807, 2.05) is 13.8 Å². The Kier molecular flexibility index (Phi) is 2.73. The molecular formula is C9H14O3. The Morgan fingerprint density at radius 3 is 2.50 bits per heavy atom. The summed E-state index contributed by atoms with van der Waals surface area (Å²) in [7, 11) is 0. The molecule has 1 N–H and O–H groups in total. The van der Waals surface area contributed by atoms with Crippen LogP contribution in [0.4, 0.5) is 0 Å². The molecule has 1 aliphatic heterocycles. The van der Waals surface area contributed by atoms with Crippen molar-refractivity contribution >= 4 is 0 Å². The molecule has 3 nitrogen and oxygen atoms in total. The number of terminal acetylenes is 1. The average molecular weight is 170 g/mol. The van der Waals surface area contributed by atoms with E-state index in [2.05, 4.69) is 5.92 Å². The molecule has 1 rings (SSSR count). The lowest BCUT2D eigenvalue weighted by Gasteiger charge is -2.16. The molecule has 1 fully saturated rings. The van der Waals surface area contributed by atoms with Gasteiger partial charge >= 0.3 is 0 Å². The molecule has 0 radical (unpaired) electrons. The monoisotopic (exact) mass is 170 g/mol. The van der Waals surface area contributed by atoms with Crippen LogP contribution in [-0.2, 0) is 9.47 Å². The average Bonchev–Trinajstić information content (AvgIpc) is 2.26. The van der Waals surface area contributed by atoms with Gasteiger partial charge in [-0.05, 0) is 13.8 Å². The normalized spacial score (nSPS) is 33.2. The van der Waals surface area contributed by atoms with Gasteiger partial charge in [-0.1, -0.05) is 0 Å². The first-order valence-electron chi connectivity index (χ1n) is 3.99. The molecular weight excluding hydrogens is 156 g/mol. The van der Waals surface area contributed by atoms with Crippen LogP contribution in [0.15, 0.2) is 0 Å². The van der Waals surface area contributed by atoms with E-state index in [0.29, 0.717) is 6.42 Å². The third kappa shape index (κ3) is 1.98. The molecule has 0 unspecified atom stereocenters. The zero-order chi connectivity index (χ0) is 9.19. The van der Waals surface area contributed by atoms with Crippen molar-refractivity contribution in [3.05, 3.63) is 0 Å². The smallest absolute Gasteiger partial charge is 0.163 e. The summed E-state index contributed by atoms with van der Waals surface area (Å²) in [5.74, 6) is 1.88. The van der Waals surface area contributed by atoms with Gasteiger partial charge in [0.1, 0.15) is 12.2 Å². The zero-order valence-corrected chi connectivity index (χ0v) is 7.41. The second kappa shape index (κ2) is 3.44. The Labute approximate surface area is 72.7 Å². The van der Waals surface area contributed by atoms with Crippen LogP contribution in [0.3, 0.4) is 0 Å². The summed E-state index contributed by atoms with van der Waals surface area (Å²) in [5.41, 5.74) is 0. The molecule has 0 amide bonds. The quantitative estimate of drug-likeness (QED) is 0.614. The molecule has 1 saturated heterocycles. The molecule has 3 heteroatoms. The van der Waals surface area contributed by atoms with Gasteiger partial charge in [0.25, 0.3) is 0 Å². The van der Waals surface area contributed by atoms with E-state index in [1.165, 1.54) is 0 Å². The third-order valence-electron chi connectivity index (χ3n) is 1.78. The van der Waals surface area contributed by atoms with Gasteiger partial charge in [0, 0.05) is 6.42 Å². The van der Waals surface area contributed by atoms with Gasteiger partial charge < -0.3 is 14.6 Å². The molecule has 1 heterocycles. The Balaban J connectivity index is 2.58. The summed E-state index contributed by atoms with van der Waals surface area (Å²) in [5, 5.41) is 8.92. The van der Waals surface area contributed by atoms with Crippen LogP contribution in [0.25, 0.3) is 0 Å². The number of hydrogen-bond donors (Lipinski definition) is 1. The summed E-state index contributed by atoms with van der Waals surface area (Å²) in [6.07, 6.45) is 5.17. The van der Waals surface area contributed by atoms with Crippen molar-refractivity contribution in [2.45, 2.75) is 38.3 Å². The molecule has 0 bridgehead atoms. The Hall–Kier alpha value is -0.560. The number of hydrogen-bond acceptors (Lipinski definition) is 3. The van der Waals surface area contributed by atoms with E-state index in [0.717, 1.165) is 0 Å². The maximum Gasteiger partial charge on any atom is 0.163 e. The molecule has 0 aromatic heterocycles. The molecule has 0 spiro atoms. The van der Waals surface area contributed by atoms with Gasteiger partial charge in [-0.3, -0.25) is 0 Å². The lowest BCUT2D eigenvalue weighted by atomic mass is 10.1. The first kappa shape index (κ1) is 9.53. The fourth-order valence-electron chi connectivity index (χ4n) is 1.35. The fourth-order valence-corrected chi connectivity index (χ4v) is 1.35. The SMILES string of the molecule is C#CC[C@@H]1OC(C)(C)O[C@H]1CO. The highest BCUT2D eigenvalue weighted by molar-refractivity contribution is 4.93. The zero-order valence-electron chi connectivity index (χ0n) is 7.41. The summed E-state index contributed by atoms with van der Waals surface area (Å²) in [4.78, 5) is 0. The maximum absolute atomic E-state index is 8.92. The van der Waals surface area contributed by atoms with Gasteiger partial charge in [-0.15, -0.1) is 12.3 Å². The number of aliphatic hydroxyl groups is 1. The minimum Gasteiger partial charge on any atom is -0.394 e. The molecule has 68 valence electrons. The van der Waals surface area contributed by atoms with E-state index in [-0.39, 0.29) is 18.8 Å². The van der Waals surface area contributed by atoms with Crippen LogP contribution in [0.5, 0.6) is 0 Å². The van der Waals surface area contributed by atoms with Crippen LogP contribution in [0.1, 0.15) is 20.3 Å². The molecule has 0 saturated carbocycles. The third-order valence-corrected chi connectivity index (χ3v) is 1.78. The van der Waals surface area contributed by atoms with Crippen molar-refractivity contribution < 1.29 is 14.6 Å². The maximum atomic E-state index is 8.92. The second-order valence-electron chi connectivity index (χ2n) is 3.30. The first-order chi connectivity index (χ1) is 5.59. The van der Waals surface area contributed by atoms with E-state index in [4.69, 9.17) is 21.0 Å². The summed E-state index contributed by atoms with van der Waals surface area (Å²) in [6.45, 7) is 3.58. The van der Waals surface area contributed by atoms with Crippen LogP contribution in [0.2, 0.25) is 0 Å². The Morgan fingerprint density at radius 2 is 2.00 bits per heavy atom. The minimum absolute atomic E-state index is 0.0459. The Morgan fingerprint density at radius 1 is 1.42 bits per heavy atom. The largest absolute Gasteiger partial charge is 0.394 e. The first-order valence-corrected chi connectivity index (χ1v) is 3.99. The highest BCUT2D eigenvalue weighted by Crippen LogP contribution is 2.29. The molecule has 0 aliphatic carbocycles. The van der Waals surface area contributed by atoms with Crippen LogP contribution >= 0.6 is 0 Å². The number of aliphatic hydroxyl groups excluding tert-OH is 1. The van der Waals surface area contributed by atoms with Gasteiger partial charge in [0.15, 0.2) is 5.79 Å². The predicted molar refractivity (Wildman–Crippen MR) is 44.4 cm³/mol. The van der Waals surface area contributed by atoms with Crippen LogP contribution in [-0.4, -0.2) is 29.7 Å². The highest BCUT2D eigenvalue weighted by atomic mass is 16.8. The predicted octanol–water partition coefficient (Wildman–Crippen LogP) is 0.522. The number of rotatable bonds is 2. The lowest BCUT2D eigenvalue weighted by Crippen LogP contribution is -2.25. The molecule has 12 heavy (non-hydrogen) atoms. The van der Waals surface area contributed by atoms with Gasteiger partial charge in [-0.2, -0.15) is 0 Å². The van der Waals surface area contributed by atoms with Gasteiger partial charge in [0.2, 0.25) is 0 Å². The van der Waals surface area contributed by atoms with E-state index in [1.54, 1.807) is 0 Å². The Bertz CT molecular complexity index is 192. The van der Waals surface area contributed by atoms with Crippen LogP contribution < -0.4 is 0 Å². The van der Waals surface area contributed by atoms with Crippen molar-refractivity contribution in [2.75, 3.05) is 6.61 Å². The summed E-state index contributed by atoms with van der Waals surface area (Å²) in [6, 6.07) is 0. The van der Waals surface area contributed by atoms with Crippen LogP contribution in [0, 0.1) is 12.3 Å². The molecule has 0 aromatic carbocycles. The molecule has 2 atom stereocenters. The standard InChI is InChI=1S/C9H14O3/c1-4-5-7-8(6-10)12-9(2,3)11-7/h1,7-8,10H,5-6H2,2-3H3/t7-,8-/m0/s1. The van der Waals surface area contributed by atoms with Crippen molar-refractivity contribution in [3.63, 3.8) is 0 Å². The van der Waals surface area contributed by atoms with Crippen molar-refractivity contribution in [3.8, 4) is 12.3 Å². The van der Waals surface area contributed by atoms with E-state index >= 15 is 0 Å². The molecule has 0 aromatic rings. The summed E-state index contributed by atoms with van der Waals surface area (Å²) < 4.78 is 10.9. The number of ether oxygens (including phenoxy) is 2. The second-order valence-corrected chi connectivity index (χ2v) is 3.30. The van der Waals surface area contributed by atoms with Crippen molar-refractivity contribution in [1.29, 1.82) is 0 Å². The van der Waals surface area contributed by atoms with Gasteiger partial charge in [0.05, 0.1) is 6.61 Å². The van der Waals surface area contributed by atoms with Crippen molar-refractivity contribution in [1.82, 2.24) is 0 Å². The van der Waals surface area contributed by atoms with E-state index in [9.17, 15) is 0 Å². The lowest BCUT2D eigenvalue weighted by molar-refractivity contribution is -0.148. The van der Waals surface area contributed by atoms with Gasteiger partial charge in [-0.25, -0.2) is 0 Å². The highest BCUT2D eigenvalue weighted by Gasteiger charge is 2.40. The summed E-state index contributed by atoms with van der Waals surface area (Å²) >= 11 is 0. The van der Waals surface area contributed by atoms with Crippen molar-refractivity contribution in [2.24, 2.45) is 0 Å². The van der Waals surface area contributed by atoms with E-state index < -0.39 is 5.79 Å². The molecule has 1 aliphatic rings. The minimum atomic E-state index is -0.616. The topological polar surface area (TPSA) is 38.7 Å². The fraction of sp³-hybridized carbons (Fsp3) is 0.778.